The average molecular weight is 291 g/mol. The molecule has 2 N–H and O–H groups in total. The van der Waals surface area contributed by atoms with Crippen molar-refractivity contribution in [3.8, 4) is 0 Å². The Morgan fingerprint density at radius 2 is 2.45 bits per heavy atom. The summed E-state index contributed by atoms with van der Waals surface area (Å²) in [5, 5.41) is 14.3. The Kier molecular flexibility index (Phi) is 3.63. The Morgan fingerprint density at radius 3 is 3.05 bits per heavy atom. The van der Waals surface area contributed by atoms with Crippen molar-refractivity contribution in [3.63, 3.8) is 0 Å². The normalized spacial score (nSPS) is 22.5. The number of hydrogen-bond donors (Lipinski definition) is 2. The highest BCUT2D eigenvalue weighted by molar-refractivity contribution is 7.10. The predicted molar refractivity (Wildman–Crippen MR) is 76.6 cm³/mol. The second kappa shape index (κ2) is 5.42. The van der Waals surface area contributed by atoms with E-state index in [1.165, 1.54) is 10.4 Å². The molecule has 0 aromatic carbocycles. The Morgan fingerprint density at radius 1 is 1.60 bits per heavy atom. The Hall–Kier alpha value is -1.59. The molecule has 2 aromatic rings. The largest absolute Gasteiger partial charge is 0.467 e. The maximum absolute atomic E-state index is 12.2. The van der Waals surface area contributed by atoms with Crippen molar-refractivity contribution in [2.75, 3.05) is 6.61 Å². The second-order valence-electron chi connectivity index (χ2n) is 5.18. The van der Waals surface area contributed by atoms with E-state index in [1.807, 2.05) is 0 Å². The number of aryl methyl sites for hydroxylation is 1. The molecule has 106 valence electrons. The first-order valence-corrected chi connectivity index (χ1v) is 7.57. The quantitative estimate of drug-likeness (QED) is 0.890. The highest BCUT2D eigenvalue weighted by Gasteiger charge is 2.45. The van der Waals surface area contributed by atoms with Crippen LogP contribution in [-0.2, 0) is 4.79 Å². The van der Waals surface area contributed by atoms with E-state index in [0.29, 0.717) is 11.7 Å². The molecule has 0 radical (unpaired) electrons. The van der Waals surface area contributed by atoms with Crippen LogP contribution in [0.2, 0.25) is 0 Å². The molecule has 1 aliphatic carbocycles. The van der Waals surface area contributed by atoms with E-state index in [2.05, 4.69) is 23.7 Å². The Labute approximate surface area is 121 Å². The lowest BCUT2D eigenvalue weighted by Crippen LogP contribution is -2.32. The summed E-state index contributed by atoms with van der Waals surface area (Å²) >= 11 is 1.72. The van der Waals surface area contributed by atoms with Crippen molar-refractivity contribution in [1.82, 2.24) is 5.32 Å². The van der Waals surface area contributed by atoms with E-state index >= 15 is 0 Å². The van der Waals surface area contributed by atoms with Crippen LogP contribution in [0, 0.1) is 12.8 Å². The van der Waals surface area contributed by atoms with Gasteiger partial charge >= 0.3 is 0 Å². The average Bonchev–Trinajstić information content (AvgIpc) is 2.86. The smallest absolute Gasteiger partial charge is 0.224 e. The number of aliphatic hydroxyl groups excluding tert-OH is 1. The van der Waals surface area contributed by atoms with Crippen molar-refractivity contribution >= 4 is 17.2 Å². The van der Waals surface area contributed by atoms with E-state index in [0.717, 1.165) is 6.42 Å². The molecular weight excluding hydrogens is 274 g/mol. The third kappa shape index (κ3) is 2.51. The minimum absolute atomic E-state index is 0.00162. The van der Waals surface area contributed by atoms with Crippen molar-refractivity contribution < 1.29 is 14.3 Å². The molecule has 0 saturated heterocycles. The summed E-state index contributed by atoms with van der Waals surface area (Å²) in [6, 6.07) is 5.14. The molecule has 2 heterocycles. The molecule has 20 heavy (non-hydrogen) atoms. The maximum atomic E-state index is 12.2. The molecule has 3 atom stereocenters. The fourth-order valence-electron chi connectivity index (χ4n) is 2.51. The van der Waals surface area contributed by atoms with Crippen molar-refractivity contribution in [1.29, 1.82) is 0 Å². The highest BCUT2D eigenvalue weighted by atomic mass is 32.1. The lowest BCUT2D eigenvalue weighted by atomic mass is 10.1. The standard InChI is InChI=1S/C15H17NO3S/c1-9-4-6-20-14(9)10-7-11(10)15(18)16-12(8-17)13-3-2-5-19-13/h2-6,10-12,17H,7-8H2,1H3,(H,16,18). The number of hydrogen-bond acceptors (Lipinski definition) is 4. The van der Waals surface area contributed by atoms with Crippen LogP contribution in [0.25, 0.3) is 0 Å². The van der Waals surface area contributed by atoms with Gasteiger partial charge in [0.25, 0.3) is 0 Å². The van der Waals surface area contributed by atoms with Crippen molar-refractivity contribution in [2.45, 2.75) is 25.3 Å². The summed E-state index contributed by atoms with van der Waals surface area (Å²) in [5.74, 6) is 0.950. The molecule has 1 fully saturated rings. The van der Waals surface area contributed by atoms with Gasteiger partial charge in [0, 0.05) is 16.7 Å². The lowest BCUT2D eigenvalue weighted by molar-refractivity contribution is -0.123. The number of carbonyl (C=O) groups excluding carboxylic acids is 1. The van der Waals surface area contributed by atoms with Crippen LogP contribution in [0.4, 0.5) is 0 Å². The molecule has 1 saturated carbocycles. The summed E-state index contributed by atoms with van der Waals surface area (Å²) in [5.41, 5.74) is 1.26. The summed E-state index contributed by atoms with van der Waals surface area (Å²) in [4.78, 5) is 13.5. The van der Waals surface area contributed by atoms with Gasteiger partial charge in [0.2, 0.25) is 5.91 Å². The van der Waals surface area contributed by atoms with Gasteiger partial charge in [0.05, 0.1) is 12.9 Å². The monoisotopic (exact) mass is 291 g/mol. The van der Waals surface area contributed by atoms with Gasteiger partial charge in [-0.1, -0.05) is 0 Å². The Bertz CT molecular complexity index is 590. The van der Waals surface area contributed by atoms with Gasteiger partial charge in [0.1, 0.15) is 11.8 Å². The van der Waals surface area contributed by atoms with Gasteiger partial charge < -0.3 is 14.8 Å². The van der Waals surface area contributed by atoms with Crippen molar-refractivity contribution in [2.24, 2.45) is 5.92 Å². The minimum Gasteiger partial charge on any atom is -0.467 e. The first-order chi connectivity index (χ1) is 9.70. The molecule has 3 unspecified atom stereocenters. The van der Waals surface area contributed by atoms with E-state index in [4.69, 9.17) is 4.42 Å². The van der Waals surface area contributed by atoms with Crippen LogP contribution in [0.5, 0.6) is 0 Å². The van der Waals surface area contributed by atoms with Crippen LogP contribution in [0.1, 0.15) is 34.6 Å². The topological polar surface area (TPSA) is 62.5 Å². The molecule has 4 nitrogen and oxygen atoms in total. The number of carbonyl (C=O) groups is 1. The summed E-state index contributed by atoms with van der Waals surface area (Å²) in [7, 11) is 0. The zero-order valence-electron chi connectivity index (χ0n) is 11.2. The molecule has 5 heteroatoms. The Balaban J connectivity index is 1.62. The molecule has 0 bridgehead atoms. The van der Waals surface area contributed by atoms with Crippen molar-refractivity contribution in [3.05, 3.63) is 46.0 Å². The number of furan rings is 1. The SMILES string of the molecule is Cc1ccsc1C1CC1C(=O)NC(CO)c1ccco1. The third-order valence-electron chi connectivity index (χ3n) is 3.75. The second-order valence-corrected chi connectivity index (χ2v) is 6.12. The molecule has 1 aliphatic rings. The molecule has 0 spiro atoms. The van der Waals surface area contributed by atoms with Crippen LogP contribution in [-0.4, -0.2) is 17.6 Å². The number of thiophene rings is 1. The third-order valence-corrected chi connectivity index (χ3v) is 4.90. The summed E-state index contributed by atoms with van der Waals surface area (Å²) in [6.07, 6.45) is 2.43. The van der Waals surface area contributed by atoms with Gasteiger partial charge in [0.15, 0.2) is 0 Å². The van der Waals surface area contributed by atoms with Crippen LogP contribution in [0.3, 0.4) is 0 Å². The highest BCUT2D eigenvalue weighted by Crippen LogP contribution is 2.50. The molecule has 1 amide bonds. The fourth-order valence-corrected chi connectivity index (χ4v) is 3.62. The molecule has 2 aromatic heterocycles. The van der Waals surface area contributed by atoms with Crippen LogP contribution < -0.4 is 5.32 Å². The molecule has 3 rings (SSSR count). The lowest BCUT2D eigenvalue weighted by Gasteiger charge is -2.13. The van der Waals surface area contributed by atoms with E-state index in [1.54, 1.807) is 29.7 Å². The first kappa shape index (κ1) is 13.4. The van der Waals surface area contributed by atoms with E-state index in [-0.39, 0.29) is 18.4 Å². The maximum Gasteiger partial charge on any atom is 0.224 e. The van der Waals surface area contributed by atoms with Crippen LogP contribution >= 0.6 is 11.3 Å². The minimum atomic E-state index is -0.455. The van der Waals surface area contributed by atoms with Gasteiger partial charge in [-0.3, -0.25) is 4.79 Å². The molecular formula is C15H17NO3S. The van der Waals surface area contributed by atoms with Gasteiger partial charge in [-0.05, 0) is 42.5 Å². The zero-order valence-corrected chi connectivity index (χ0v) is 12.0. The zero-order chi connectivity index (χ0) is 14.1. The number of amides is 1. The fraction of sp³-hybridized carbons (Fsp3) is 0.400. The number of nitrogens with one attached hydrogen (secondary N) is 1. The number of aliphatic hydroxyl groups is 1. The van der Waals surface area contributed by atoms with Gasteiger partial charge in [-0.15, -0.1) is 11.3 Å². The first-order valence-electron chi connectivity index (χ1n) is 6.69. The number of rotatable bonds is 5. The van der Waals surface area contributed by atoms with E-state index < -0.39 is 6.04 Å². The summed E-state index contributed by atoms with van der Waals surface area (Å²) < 4.78 is 5.23. The van der Waals surface area contributed by atoms with Gasteiger partial charge in [-0.25, -0.2) is 0 Å². The van der Waals surface area contributed by atoms with Crippen LogP contribution in [0.15, 0.2) is 34.3 Å². The summed E-state index contributed by atoms with van der Waals surface area (Å²) in [6.45, 7) is 1.92. The molecule has 0 aliphatic heterocycles. The van der Waals surface area contributed by atoms with Gasteiger partial charge in [-0.2, -0.15) is 0 Å². The van der Waals surface area contributed by atoms with E-state index in [9.17, 15) is 9.90 Å². The predicted octanol–water partition coefficient (Wildman–Crippen LogP) is 2.60.